The molecule has 1 saturated heterocycles. The van der Waals surface area contributed by atoms with Gasteiger partial charge in [0, 0.05) is 17.5 Å². The number of hydrogen-bond donors (Lipinski definition) is 2. The first kappa shape index (κ1) is 28.8. The summed E-state index contributed by atoms with van der Waals surface area (Å²) in [5.74, 6) is 1.15. The lowest BCUT2D eigenvalue weighted by Crippen LogP contribution is -2.38. The van der Waals surface area contributed by atoms with Crippen LogP contribution in [0.3, 0.4) is 0 Å². The van der Waals surface area contributed by atoms with Gasteiger partial charge in [-0.25, -0.2) is 9.67 Å². The van der Waals surface area contributed by atoms with Gasteiger partial charge < -0.3 is 15.9 Å². The Bertz CT molecular complexity index is 1460. The third-order valence-electron chi connectivity index (χ3n) is 5.88. The Morgan fingerprint density at radius 3 is 2.33 bits per heavy atom. The van der Waals surface area contributed by atoms with Crippen molar-refractivity contribution in [3.05, 3.63) is 90.3 Å². The van der Waals surface area contributed by atoms with Gasteiger partial charge in [0.1, 0.15) is 17.6 Å². The van der Waals surface area contributed by atoms with E-state index in [-0.39, 0.29) is 17.2 Å². The van der Waals surface area contributed by atoms with E-state index in [2.05, 4.69) is 34.7 Å². The molecule has 0 spiro atoms. The molecule has 4 aromatic rings. The Labute approximate surface area is 233 Å². The molecule has 0 aliphatic carbocycles. The van der Waals surface area contributed by atoms with Crippen LogP contribution in [0.2, 0.25) is 0 Å². The smallest absolute Gasteiger partial charge is 0.406 e. The number of amides is 1. The molecule has 12 heteroatoms. The molecule has 3 N–H and O–H groups in total. The fraction of sp³-hybridized carbons (Fsp3) is 0.214. The predicted octanol–water partition coefficient (Wildman–Crippen LogP) is 5.96. The number of alkyl halides is 3. The normalized spacial score (nSPS) is 15.1. The van der Waals surface area contributed by atoms with Gasteiger partial charge in [-0.05, 0) is 47.4 Å². The maximum atomic E-state index is 12.1. The number of nitrogens with one attached hydrogen (secondary N) is 1. The molecular weight excluding hydrogens is 541 g/mol. The van der Waals surface area contributed by atoms with Crippen LogP contribution in [0.5, 0.6) is 5.75 Å². The van der Waals surface area contributed by atoms with Crippen LogP contribution < -0.4 is 15.4 Å². The Balaban J connectivity index is 0.000000201. The summed E-state index contributed by atoms with van der Waals surface area (Å²) in [6, 6.07) is 20.4. The lowest BCUT2D eigenvalue weighted by molar-refractivity contribution is -0.274. The standard InChI is InChI=1S/C16H11F3N4O.C12H16N2OS/c17-16(18,19)24-14-7-5-13(6-8-14)23-10-21-15(22-23)12-3-1-11(9-20)2-4-12;1-8(2)9-5-3-4-6-10(9)14-11(15)7-16-12(14)13/h1-10,20H;3-6,8,12H,7,13H2,1-2H3. The number of hydrogen-bond acceptors (Lipinski definition) is 7. The molecule has 208 valence electrons. The molecule has 0 bridgehead atoms. The van der Waals surface area contributed by atoms with Crippen molar-refractivity contribution >= 4 is 29.6 Å². The largest absolute Gasteiger partial charge is 0.573 e. The van der Waals surface area contributed by atoms with E-state index in [1.807, 2.05) is 18.2 Å². The van der Waals surface area contributed by atoms with Gasteiger partial charge >= 0.3 is 6.36 Å². The highest BCUT2D eigenvalue weighted by Crippen LogP contribution is 2.33. The van der Waals surface area contributed by atoms with Crippen LogP contribution >= 0.6 is 11.8 Å². The Hall–Kier alpha value is -4.16. The zero-order valence-electron chi connectivity index (χ0n) is 21.7. The van der Waals surface area contributed by atoms with E-state index >= 15 is 0 Å². The van der Waals surface area contributed by atoms with Crippen LogP contribution in [-0.2, 0) is 4.79 Å². The van der Waals surface area contributed by atoms with E-state index in [0.29, 0.717) is 23.2 Å². The lowest BCUT2D eigenvalue weighted by atomic mass is 10.0. The number of carbonyl (C=O) groups is 1. The molecule has 5 rings (SSSR count). The molecule has 0 saturated carbocycles. The van der Waals surface area contributed by atoms with Crippen LogP contribution in [0.25, 0.3) is 17.1 Å². The van der Waals surface area contributed by atoms with Crippen molar-refractivity contribution in [2.75, 3.05) is 10.7 Å². The highest BCUT2D eigenvalue weighted by Gasteiger charge is 2.32. The number of nitrogens with two attached hydrogens (primary N) is 1. The third kappa shape index (κ3) is 7.07. The summed E-state index contributed by atoms with van der Waals surface area (Å²) >= 11 is 1.48. The molecule has 1 amide bonds. The highest BCUT2D eigenvalue weighted by atomic mass is 32.2. The van der Waals surface area contributed by atoms with Crippen molar-refractivity contribution in [2.24, 2.45) is 5.73 Å². The van der Waals surface area contributed by atoms with Crippen LogP contribution in [0.15, 0.2) is 79.1 Å². The van der Waals surface area contributed by atoms with Gasteiger partial charge in [-0.3, -0.25) is 9.69 Å². The number of halogens is 3. The first-order chi connectivity index (χ1) is 19.1. The minimum absolute atomic E-state index is 0.102. The maximum Gasteiger partial charge on any atom is 0.573 e. The molecule has 40 heavy (non-hydrogen) atoms. The number of thioether (sulfide) groups is 1. The zero-order valence-corrected chi connectivity index (χ0v) is 22.5. The van der Waals surface area contributed by atoms with E-state index in [1.54, 1.807) is 29.2 Å². The number of ether oxygens (including phenoxy) is 1. The van der Waals surface area contributed by atoms with Gasteiger partial charge in [0.05, 0.1) is 11.4 Å². The van der Waals surface area contributed by atoms with Crippen LogP contribution in [0, 0.1) is 5.41 Å². The topological polar surface area (TPSA) is 110 Å². The summed E-state index contributed by atoms with van der Waals surface area (Å²) in [6.45, 7) is 4.25. The van der Waals surface area contributed by atoms with Crippen molar-refractivity contribution in [3.63, 3.8) is 0 Å². The molecule has 1 aliphatic heterocycles. The molecule has 1 aliphatic rings. The fourth-order valence-corrected chi connectivity index (χ4v) is 4.79. The highest BCUT2D eigenvalue weighted by molar-refractivity contribution is 8.01. The number of benzene rings is 3. The van der Waals surface area contributed by atoms with Gasteiger partial charge in [-0.15, -0.1) is 30.0 Å². The van der Waals surface area contributed by atoms with Gasteiger partial charge in [0.25, 0.3) is 0 Å². The van der Waals surface area contributed by atoms with Crippen LogP contribution in [0.4, 0.5) is 18.9 Å². The maximum absolute atomic E-state index is 12.1. The van der Waals surface area contributed by atoms with E-state index < -0.39 is 6.36 Å². The first-order valence-corrected chi connectivity index (χ1v) is 13.3. The summed E-state index contributed by atoms with van der Waals surface area (Å²) in [7, 11) is 0. The number of aromatic nitrogens is 3. The predicted molar refractivity (Wildman–Crippen MR) is 150 cm³/mol. The summed E-state index contributed by atoms with van der Waals surface area (Å²) in [5.41, 5.74) is 9.92. The third-order valence-corrected chi connectivity index (χ3v) is 6.85. The molecular formula is C28H27F3N6O2S. The van der Waals surface area contributed by atoms with Crippen molar-refractivity contribution in [2.45, 2.75) is 31.6 Å². The lowest BCUT2D eigenvalue weighted by Gasteiger charge is -2.24. The van der Waals surface area contributed by atoms with E-state index in [9.17, 15) is 18.0 Å². The second kappa shape index (κ2) is 12.3. The number of rotatable bonds is 6. The summed E-state index contributed by atoms with van der Waals surface area (Å²) in [5, 5.41) is 11.5. The van der Waals surface area contributed by atoms with Gasteiger partial charge in [-0.2, -0.15) is 0 Å². The molecule has 1 aromatic heterocycles. The molecule has 1 atom stereocenters. The van der Waals surface area contributed by atoms with Gasteiger partial charge in [-0.1, -0.05) is 56.3 Å². The van der Waals surface area contributed by atoms with Crippen molar-refractivity contribution in [3.8, 4) is 22.8 Å². The van der Waals surface area contributed by atoms with Crippen LogP contribution in [-0.4, -0.2) is 44.5 Å². The average molecular weight is 569 g/mol. The second-order valence-corrected chi connectivity index (χ2v) is 10.1. The van der Waals surface area contributed by atoms with Crippen LogP contribution in [0.1, 0.15) is 30.9 Å². The summed E-state index contributed by atoms with van der Waals surface area (Å²) in [4.78, 5) is 17.7. The first-order valence-electron chi connectivity index (χ1n) is 12.2. The molecule has 8 nitrogen and oxygen atoms in total. The molecule has 0 radical (unpaired) electrons. The van der Waals surface area contributed by atoms with Gasteiger partial charge in [0.15, 0.2) is 5.82 Å². The van der Waals surface area contributed by atoms with Gasteiger partial charge in [0.2, 0.25) is 5.91 Å². The minimum atomic E-state index is -4.72. The minimum Gasteiger partial charge on any atom is -0.406 e. The van der Waals surface area contributed by atoms with E-state index in [0.717, 1.165) is 16.8 Å². The second-order valence-electron chi connectivity index (χ2n) is 9.00. The molecule has 3 aromatic carbocycles. The van der Waals surface area contributed by atoms with Crippen molar-refractivity contribution in [1.29, 1.82) is 5.41 Å². The number of carbonyl (C=O) groups excluding carboxylic acids is 1. The Morgan fingerprint density at radius 2 is 1.75 bits per heavy atom. The Morgan fingerprint density at radius 1 is 1.07 bits per heavy atom. The average Bonchev–Trinajstić information content (AvgIpc) is 3.55. The van der Waals surface area contributed by atoms with Crippen molar-refractivity contribution in [1.82, 2.24) is 14.8 Å². The zero-order chi connectivity index (χ0) is 28.9. The fourth-order valence-electron chi connectivity index (χ4n) is 3.96. The summed E-state index contributed by atoms with van der Waals surface area (Å²) in [6.07, 6.45) is -2.01. The number of para-hydroxylation sites is 1. The quantitative estimate of drug-likeness (QED) is 0.278. The molecule has 1 fully saturated rings. The SMILES string of the molecule is CC(C)c1ccccc1N1C(=O)CSC1N.N=Cc1ccc(-c2ncn(-c3ccc(OC(F)(F)F)cc3)n2)cc1. The monoisotopic (exact) mass is 568 g/mol. The van der Waals surface area contributed by atoms with Crippen molar-refractivity contribution < 1.29 is 22.7 Å². The number of anilines is 1. The number of nitrogens with zero attached hydrogens (tertiary/aromatic N) is 4. The summed E-state index contributed by atoms with van der Waals surface area (Å²) < 4.78 is 41.7. The molecule has 1 unspecified atom stereocenters. The Kier molecular flexibility index (Phi) is 8.90. The molecule has 2 heterocycles. The van der Waals surface area contributed by atoms with E-state index in [1.165, 1.54) is 58.8 Å². The van der Waals surface area contributed by atoms with E-state index in [4.69, 9.17) is 11.1 Å².